The number of halogens is 1. The van der Waals surface area contributed by atoms with Gasteiger partial charge in [0.1, 0.15) is 0 Å². The van der Waals surface area contributed by atoms with Crippen LogP contribution in [0.3, 0.4) is 0 Å². The lowest BCUT2D eigenvalue weighted by Gasteiger charge is -2.11. The average molecular weight is 375 g/mol. The van der Waals surface area contributed by atoms with Crippen molar-refractivity contribution in [1.29, 1.82) is 0 Å². The molecule has 3 heteroatoms. The van der Waals surface area contributed by atoms with Gasteiger partial charge in [-0.3, -0.25) is 0 Å². The van der Waals surface area contributed by atoms with Gasteiger partial charge in [-0.1, -0.05) is 70.0 Å². The maximum Gasteiger partial charge on any atom is 0.0973 e. The Kier molecular flexibility index (Phi) is 3.87. The van der Waals surface area contributed by atoms with Gasteiger partial charge in [-0.2, -0.15) is 0 Å². The summed E-state index contributed by atoms with van der Waals surface area (Å²) in [4.78, 5) is 9.80. The van der Waals surface area contributed by atoms with Crippen molar-refractivity contribution in [1.82, 2.24) is 9.97 Å². The van der Waals surface area contributed by atoms with E-state index in [0.29, 0.717) is 0 Å². The second kappa shape index (κ2) is 6.17. The zero-order valence-corrected chi connectivity index (χ0v) is 14.8. The summed E-state index contributed by atoms with van der Waals surface area (Å²) in [5.74, 6) is 0. The van der Waals surface area contributed by atoms with Gasteiger partial charge in [0.15, 0.2) is 0 Å². The third-order valence-corrected chi connectivity index (χ3v) is 4.54. The Balaban J connectivity index is 2.00. The standard InChI is InChI=1S/C21H15BrN2/c1-14-6-8-15(9-7-14)20-21(16-10-12-17(22)13-11-16)24-19-5-3-2-4-18(19)23-20/h2-13H,1H3. The second-order valence-electron chi connectivity index (χ2n) is 5.78. The van der Waals surface area contributed by atoms with Gasteiger partial charge in [-0.25, -0.2) is 9.97 Å². The van der Waals surface area contributed by atoms with Crippen molar-refractivity contribution in [2.24, 2.45) is 0 Å². The fraction of sp³-hybridized carbons (Fsp3) is 0.0476. The minimum atomic E-state index is 0.907. The Morgan fingerprint density at radius 1 is 0.625 bits per heavy atom. The van der Waals surface area contributed by atoms with Crippen LogP contribution in [0.25, 0.3) is 33.5 Å². The van der Waals surface area contributed by atoms with Crippen LogP contribution in [0.15, 0.2) is 77.3 Å². The predicted octanol–water partition coefficient (Wildman–Crippen LogP) is 6.03. The molecular formula is C21H15BrN2. The summed E-state index contributed by atoms with van der Waals surface area (Å²) in [5, 5.41) is 0. The fourth-order valence-electron chi connectivity index (χ4n) is 2.72. The van der Waals surface area contributed by atoms with Crippen LogP contribution in [0.5, 0.6) is 0 Å². The highest BCUT2D eigenvalue weighted by Gasteiger charge is 2.13. The molecule has 116 valence electrons. The van der Waals surface area contributed by atoms with Crippen LogP contribution in [-0.4, -0.2) is 9.97 Å². The molecule has 0 aliphatic carbocycles. The van der Waals surface area contributed by atoms with Crippen LogP contribution in [0.1, 0.15) is 5.56 Å². The molecule has 1 aromatic heterocycles. The predicted molar refractivity (Wildman–Crippen MR) is 103 cm³/mol. The van der Waals surface area contributed by atoms with E-state index in [2.05, 4.69) is 59.3 Å². The van der Waals surface area contributed by atoms with Gasteiger partial charge >= 0.3 is 0 Å². The number of rotatable bonds is 2. The van der Waals surface area contributed by atoms with E-state index in [1.54, 1.807) is 0 Å². The summed E-state index contributed by atoms with van der Waals surface area (Å²) in [5.41, 5.74) is 7.02. The van der Waals surface area contributed by atoms with Gasteiger partial charge in [0.2, 0.25) is 0 Å². The first-order chi connectivity index (χ1) is 11.7. The zero-order chi connectivity index (χ0) is 16.5. The molecular weight excluding hydrogens is 360 g/mol. The summed E-state index contributed by atoms with van der Waals surface area (Å²) >= 11 is 3.49. The molecule has 0 amide bonds. The number of aryl methyl sites for hydroxylation is 1. The first kappa shape index (κ1) is 15.0. The van der Waals surface area contributed by atoms with E-state index < -0.39 is 0 Å². The second-order valence-corrected chi connectivity index (χ2v) is 6.70. The number of hydrogen-bond acceptors (Lipinski definition) is 2. The van der Waals surface area contributed by atoms with Gasteiger partial charge in [-0.05, 0) is 31.2 Å². The molecule has 0 atom stereocenters. The van der Waals surface area contributed by atoms with Crippen molar-refractivity contribution in [3.63, 3.8) is 0 Å². The lowest BCUT2D eigenvalue weighted by molar-refractivity contribution is 1.29. The molecule has 0 N–H and O–H groups in total. The normalized spacial score (nSPS) is 10.9. The molecule has 0 radical (unpaired) electrons. The lowest BCUT2D eigenvalue weighted by atomic mass is 10.0. The number of fused-ring (bicyclic) bond motifs is 1. The monoisotopic (exact) mass is 374 g/mol. The Morgan fingerprint density at radius 2 is 1.08 bits per heavy atom. The first-order valence-corrected chi connectivity index (χ1v) is 8.60. The lowest BCUT2D eigenvalue weighted by Crippen LogP contribution is -1.95. The van der Waals surface area contributed by atoms with Crippen LogP contribution in [0.4, 0.5) is 0 Å². The third-order valence-electron chi connectivity index (χ3n) is 4.01. The minimum Gasteiger partial charge on any atom is -0.244 e. The Bertz CT molecular complexity index is 922. The van der Waals surface area contributed by atoms with Crippen molar-refractivity contribution in [3.8, 4) is 22.5 Å². The molecule has 24 heavy (non-hydrogen) atoms. The number of benzene rings is 3. The molecule has 2 nitrogen and oxygen atoms in total. The maximum absolute atomic E-state index is 4.90. The summed E-state index contributed by atoms with van der Waals surface area (Å²) in [6, 6.07) is 24.6. The number of para-hydroxylation sites is 2. The highest BCUT2D eigenvalue weighted by molar-refractivity contribution is 9.10. The molecule has 4 rings (SSSR count). The Morgan fingerprint density at radius 3 is 1.58 bits per heavy atom. The highest BCUT2D eigenvalue weighted by Crippen LogP contribution is 2.31. The first-order valence-electron chi connectivity index (χ1n) is 7.80. The average Bonchev–Trinajstić information content (AvgIpc) is 2.62. The number of nitrogens with zero attached hydrogens (tertiary/aromatic N) is 2. The number of hydrogen-bond donors (Lipinski definition) is 0. The van der Waals surface area contributed by atoms with E-state index in [-0.39, 0.29) is 0 Å². The van der Waals surface area contributed by atoms with E-state index >= 15 is 0 Å². The molecule has 1 heterocycles. The van der Waals surface area contributed by atoms with E-state index in [0.717, 1.165) is 38.0 Å². The number of aromatic nitrogens is 2. The van der Waals surface area contributed by atoms with Crippen LogP contribution >= 0.6 is 15.9 Å². The summed E-state index contributed by atoms with van der Waals surface area (Å²) in [6.07, 6.45) is 0. The highest BCUT2D eigenvalue weighted by atomic mass is 79.9. The smallest absolute Gasteiger partial charge is 0.0973 e. The van der Waals surface area contributed by atoms with Gasteiger partial charge < -0.3 is 0 Å². The molecule has 4 aromatic rings. The zero-order valence-electron chi connectivity index (χ0n) is 13.2. The summed E-state index contributed by atoms with van der Waals surface area (Å²) < 4.78 is 1.05. The SMILES string of the molecule is Cc1ccc(-c2nc3ccccc3nc2-c2ccc(Br)cc2)cc1. The fourth-order valence-corrected chi connectivity index (χ4v) is 2.99. The molecule has 0 bridgehead atoms. The maximum atomic E-state index is 4.90. The third kappa shape index (κ3) is 2.83. The van der Waals surface area contributed by atoms with Crippen molar-refractivity contribution >= 4 is 27.0 Å². The molecule has 0 saturated heterocycles. The van der Waals surface area contributed by atoms with Crippen LogP contribution in [-0.2, 0) is 0 Å². The molecule has 0 spiro atoms. The van der Waals surface area contributed by atoms with E-state index in [9.17, 15) is 0 Å². The van der Waals surface area contributed by atoms with Crippen molar-refractivity contribution in [3.05, 3.63) is 82.8 Å². The molecule has 3 aromatic carbocycles. The Labute approximate surface area is 149 Å². The van der Waals surface area contributed by atoms with Gasteiger partial charge in [0, 0.05) is 15.6 Å². The van der Waals surface area contributed by atoms with Crippen molar-refractivity contribution in [2.75, 3.05) is 0 Å². The molecule has 0 fully saturated rings. The van der Waals surface area contributed by atoms with Gasteiger partial charge in [0.05, 0.1) is 22.4 Å². The van der Waals surface area contributed by atoms with Gasteiger partial charge in [0.25, 0.3) is 0 Å². The van der Waals surface area contributed by atoms with Gasteiger partial charge in [-0.15, -0.1) is 0 Å². The molecule has 0 saturated carbocycles. The topological polar surface area (TPSA) is 25.8 Å². The van der Waals surface area contributed by atoms with E-state index in [1.165, 1.54) is 5.56 Å². The van der Waals surface area contributed by atoms with Crippen LogP contribution < -0.4 is 0 Å². The minimum absolute atomic E-state index is 0.907. The largest absolute Gasteiger partial charge is 0.244 e. The van der Waals surface area contributed by atoms with E-state index in [1.807, 2.05) is 36.4 Å². The molecule has 0 unspecified atom stereocenters. The van der Waals surface area contributed by atoms with Crippen LogP contribution in [0.2, 0.25) is 0 Å². The van der Waals surface area contributed by atoms with E-state index in [4.69, 9.17) is 9.97 Å². The summed E-state index contributed by atoms with van der Waals surface area (Å²) in [6.45, 7) is 2.09. The Hall–Kier alpha value is -2.52. The quantitative estimate of drug-likeness (QED) is 0.427. The van der Waals surface area contributed by atoms with Crippen molar-refractivity contribution < 1.29 is 0 Å². The molecule has 0 aliphatic heterocycles. The van der Waals surface area contributed by atoms with Crippen LogP contribution in [0, 0.1) is 6.92 Å². The van der Waals surface area contributed by atoms with Crippen molar-refractivity contribution in [2.45, 2.75) is 6.92 Å². The summed E-state index contributed by atoms with van der Waals surface area (Å²) in [7, 11) is 0. The molecule has 0 aliphatic rings.